The molecule has 3 N–H and O–H groups in total. The van der Waals surface area contributed by atoms with Gasteiger partial charge in [0.25, 0.3) is 0 Å². The van der Waals surface area contributed by atoms with Crippen molar-refractivity contribution in [3.63, 3.8) is 0 Å². The van der Waals surface area contributed by atoms with E-state index in [1.165, 1.54) is 75.0 Å². The summed E-state index contributed by atoms with van der Waals surface area (Å²) in [5, 5.41) is 8.04. The topological polar surface area (TPSA) is 279 Å². The Balaban J connectivity index is 1.42. The molecule has 2 aliphatic carbocycles. The molecule has 3 aliphatic heterocycles. The summed E-state index contributed by atoms with van der Waals surface area (Å²) in [6, 6.07) is -5.83. The first-order valence-corrected chi connectivity index (χ1v) is 34.9. The van der Waals surface area contributed by atoms with Crippen LogP contribution in [-0.2, 0) is 74.9 Å². The van der Waals surface area contributed by atoms with Crippen molar-refractivity contribution in [2.24, 2.45) is 11.8 Å². The maximum absolute atomic E-state index is 15.7. The van der Waals surface area contributed by atoms with Gasteiger partial charge in [-0.25, -0.2) is 0 Å². The Kier molecular flexibility index (Phi) is 29.0. The minimum Gasteiger partial charge on any atom is -0.379 e. The van der Waals surface area contributed by atoms with E-state index in [0.29, 0.717) is 77.3 Å². The highest BCUT2D eigenvalue weighted by molar-refractivity contribution is 6.31. The summed E-state index contributed by atoms with van der Waals surface area (Å²) in [5.74, 6) is -9.00. The zero-order valence-corrected chi connectivity index (χ0v) is 59.3. The summed E-state index contributed by atoms with van der Waals surface area (Å²) in [7, 11) is 9.69. The lowest BCUT2D eigenvalue weighted by atomic mass is 9.81. The first-order valence-electron chi connectivity index (χ1n) is 34.6. The molecule has 3 saturated heterocycles. The summed E-state index contributed by atoms with van der Waals surface area (Å²) in [6.45, 7) is 5.99. The number of aryl methyl sites for hydroxylation is 1. The van der Waals surface area contributed by atoms with Gasteiger partial charge in [0.15, 0.2) is 0 Å². The summed E-state index contributed by atoms with van der Waals surface area (Å²) >= 11 is 6.13. The van der Waals surface area contributed by atoms with E-state index in [4.69, 9.17) is 16.3 Å². The molecule has 25 nitrogen and oxygen atoms in total. The number of alkyl halides is 3. The molecule has 0 bridgehead atoms. The molecule has 6 rings (SSSR count). The number of likely N-dealkylation sites (tertiary alicyclic amines) is 1. The van der Waals surface area contributed by atoms with Crippen LogP contribution in [-0.4, -0.2) is 265 Å². The van der Waals surface area contributed by atoms with Crippen LogP contribution in [0.5, 0.6) is 0 Å². The molecule has 0 aromatic heterocycles. The molecule has 542 valence electrons. The number of carbonyl (C=O) groups is 12. The number of hydrogen-bond acceptors (Lipinski definition) is 13. The number of carbonyl (C=O) groups excluding carboxylic acids is 12. The first kappa shape index (κ1) is 78.9. The van der Waals surface area contributed by atoms with E-state index < -0.39 is 173 Å². The fraction of sp³-hybridized carbons (Fsp3) is 0.735. The molecule has 5 aliphatic rings. The molecule has 5 fully saturated rings. The molecule has 0 radical (unpaired) electrons. The zero-order chi connectivity index (χ0) is 71.8. The van der Waals surface area contributed by atoms with Crippen LogP contribution < -0.4 is 16.0 Å². The van der Waals surface area contributed by atoms with Crippen LogP contribution in [0.25, 0.3) is 0 Å². The summed E-state index contributed by atoms with van der Waals surface area (Å²) < 4.78 is 47.2. The number of rotatable bonds is 13. The van der Waals surface area contributed by atoms with Crippen molar-refractivity contribution in [2.45, 2.75) is 210 Å². The van der Waals surface area contributed by atoms with Gasteiger partial charge < -0.3 is 64.8 Å². The van der Waals surface area contributed by atoms with Crippen molar-refractivity contribution < 1.29 is 75.4 Å². The quantitative estimate of drug-likeness (QED) is 0.234. The molecule has 1 spiro atoms. The fourth-order valence-corrected chi connectivity index (χ4v) is 14.4. The van der Waals surface area contributed by atoms with Crippen LogP contribution in [0.15, 0.2) is 18.2 Å². The third-order valence-corrected chi connectivity index (χ3v) is 20.6. The van der Waals surface area contributed by atoms with Crippen molar-refractivity contribution in [3.05, 3.63) is 34.3 Å². The largest absolute Gasteiger partial charge is 0.417 e. The number of ether oxygens (including phenoxy) is 1. The average Bonchev–Trinajstić information content (AvgIpc) is 1.69. The molecule has 3 heterocycles. The van der Waals surface area contributed by atoms with Crippen LogP contribution in [0.4, 0.5) is 13.2 Å². The normalized spacial score (nSPS) is 26.1. The van der Waals surface area contributed by atoms with E-state index >= 15 is 19.2 Å². The van der Waals surface area contributed by atoms with Gasteiger partial charge in [-0.05, 0) is 107 Å². The number of halogens is 4. The lowest BCUT2D eigenvalue weighted by Crippen LogP contribution is -2.65. The third kappa shape index (κ3) is 19.9. The Labute approximate surface area is 573 Å². The van der Waals surface area contributed by atoms with Crippen LogP contribution in [0.3, 0.4) is 0 Å². The van der Waals surface area contributed by atoms with Gasteiger partial charge in [-0.2, -0.15) is 13.2 Å². The van der Waals surface area contributed by atoms with Gasteiger partial charge in [-0.15, -0.1) is 0 Å². The van der Waals surface area contributed by atoms with E-state index in [1.54, 1.807) is 11.8 Å². The number of amides is 12. The van der Waals surface area contributed by atoms with E-state index in [0.717, 1.165) is 51.0 Å². The van der Waals surface area contributed by atoms with Crippen molar-refractivity contribution in [1.29, 1.82) is 0 Å². The monoisotopic (exact) mass is 1390 g/mol. The van der Waals surface area contributed by atoms with E-state index in [-0.39, 0.29) is 63.8 Å². The van der Waals surface area contributed by atoms with E-state index in [2.05, 4.69) is 16.0 Å². The van der Waals surface area contributed by atoms with Crippen molar-refractivity contribution in [2.75, 3.05) is 102 Å². The number of nitrogens with zero attached hydrogens (tertiary/aromatic N) is 9. The molecule has 1 aromatic carbocycles. The lowest BCUT2D eigenvalue weighted by molar-refractivity contribution is -0.156. The van der Waals surface area contributed by atoms with E-state index in [1.807, 2.05) is 20.8 Å². The molecular weight excluding hydrogens is 1290 g/mol. The van der Waals surface area contributed by atoms with Gasteiger partial charge in [-0.3, -0.25) is 57.5 Å². The van der Waals surface area contributed by atoms with Crippen LogP contribution in [0, 0.1) is 11.8 Å². The van der Waals surface area contributed by atoms with Crippen LogP contribution in [0.1, 0.15) is 161 Å². The number of fused-ring (bicyclic) bond motifs is 1. The van der Waals surface area contributed by atoms with Crippen molar-refractivity contribution in [1.82, 2.24) is 60.0 Å². The molecule has 2 saturated carbocycles. The molecule has 8 atom stereocenters. The van der Waals surface area contributed by atoms with Crippen LogP contribution in [0.2, 0.25) is 5.02 Å². The fourth-order valence-electron chi connectivity index (χ4n) is 14.1. The summed E-state index contributed by atoms with van der Waals surface area (Å²) in [6.07, 6.45) is 2.49. The number of nitrogens with one attached hydrogen (secondary N) is 3. The molecule has 1 aromatic rings. The predicted octanol–water partition coefficient (Wildman–Crippen LogP) is 4.24. The third-order valence-electron chi connectivity index (χ3n) is 20.3. The summed E-state index contributed by atoms with van der Waals surface area (Å²) in [4.78, 5) is 188. The second kappa shape index (κ2) is 35.6. The Morgan fingerprint density at radius 2 is 1.28 bits per heavy atom. The van der Waals surface area contributed by atoms with Gasteiger partial charge in [0, 0.05) is 75.6 Å². The van der Waals surface area contributed by atoms with Crippen LogP contribution >= 0.6 is 11.6 Å². The lowest BCUT2D eigenvalue weighted by Gasteiger charge is -2.43. The minimum atomic E-state index is -4.77. The van der Waals surface area contributed by atoms with Crippen molar-refractivity contribution >= 4 is 82.5 Å². The Bertz CT molecular complexity index is 3000. The molecule has 97 heavy (non-hydrogen) atoms. The standard InChI is InChI=1S/C68H104ClF3N12O13/c1-12-23-49-59(89)74-57(43(4)14-3)64(94)78(7)40-55(87)76(5)41-56(88)80(9)52(42-97-36-13-2)62(92)77(6)39-53(85)73-48(30-28-44-27-29-46(47(69)37-44)68(70,71)72)61(91)84-35-22-26-50(84)60(90)75-67(31-18-19-32-67)66(96)82(11)58(45-24-16-15-17-25-45)65(95)81(10)51(38-54(86)79(49)8)63(93)83-33-20-21-34-83/h27,29,37,43,45,48-52,57-58H,12-26,28,30-36,38-42H2,1-11H3,(H,73,85)(H,74,89)(H,75,90)/t43-,48-,49-,50-,51-,52-,57-,58-/m0/s1. The highest BCUT2D eigenvalue weighted by Gasteiger charge is 2.51. The maximum atomic E-state index is 15.7. The van der Waals surface area contributed by atoms with Gasteiger partial charge in [-0.1, -0.05) is 90.3 Å². The Morgan fingerprint density at radius 1 is 0.649 bits per heavy atom. The predicted molar refractivity (Wildman–Crippen MR) is 354 cm³/mol. The zero-order valence-electron chi connectivity index (χ0n) is 58.6. The van der Waals surface area contributed by atoms with Gasteiger partial charge in [0.1, 0.15) is 47.8 Å². The number of benzene rings is 1. The molecule has 0 unspecified atom stereocenters. The van der Waals surface area contributed by atoms with Gasteiger partial charge in [0.05, 0.1) is 43.2 Å². The Morgan fingerprint density at radius 3 is 1.89 bits per heavy atom. The molecule has 29 heteroatoms. The first-order chi connectivity index (χ1) is 45.8. The second-order valence-corrected chi connectivity index (χ2v) is 27.7. The number of likely N-dealkylation sites (N-methyl/N-ethyl adjacent to an activating group) is 7. The highest BCUT2D eigenvalue weighted by atomic mass is 35.5. The molecular formula is C68H104ClF3N12O13. The second-order valence-electron chi connectivity index (χ2n) is 27.3. The van der Waals surface area contributed by atoms with Gasteiger partial charge in [0.2, 0.25) is 70.9 Å². The SMILES string of the molecule is CCCOC[C@H]1C(=O)N(C)CC(=O)N[C@@H](CCc2ccc(C(F)(F)F)c(Cl)c2)C(=O)N2CCC[C@H]2C(=O)NC2(CCCC2)C(=O)N(C)[C@@H](C2CCCCC2)C(=O)N(C)[C@H](C(=O)N2CCCC2)CC(=O)N(C)[C@@H](CCC)C(=O)N[C@@H]([C@@H](C)CC)C(=O)N(C)CC(=O)N(C)CC(=O)N1C. The average molecular weight is 1390 g/mol. The maximum Gasteiger partial charge on any atom is 0.417 e. The van der Waals surface area contributed by atoms with Gasteiger partial charge >= 0.3 is 6.18 Å². The minimum absolute atomic E-state index is 0.0232. The highest BCUT2D eigenvalue weighted by Crippen LogP contribution is 2.38. The van der Waals surface area contributed by atoms with E-state index in [9.17, 15) is 51.5 Å². The number of hydrogen-bond donors (Lipinski definition) is 3. The summed E-state index contributed by atoms with van der Waals surface area (Å²) in [5.41, 5.74) is -2.37. The molecule has 12 amide bonds. The van der Waals surface area contributed by atoms with Crippen molar-refractivity contribution in [3.8, 4) is 0 Å². The Hall–Kier alpha value is -7.10. The smallest absolute Gasteiger partial charge is 0.379 e.